The number of carbonyl (C=O) groups is 2. The molecule has 1 aliphatic rings. The molecule has 0 spiro atoms. The Hall–Kier alpha value is -1.11. The minimum absolute atomic E-state index is 0.0660. The maximum absolute atomic E-state index is 11.6. The number of aliphatic carboxylic acids is 1. The number of amides is 1. The predicted octanol–water partition coefficient (Wildman–Crippen LogP) is 0.0382. The SMILES string of the molecule is CCC(CNC(=O)CC1CCS(=O)(=O)C1)C(=O)O. The molecule has 1 fully saturated rings. The van der Waals surface area contributed by atoms with Gasteiger partial charge >= 0.3 is 5.97 Å². The summed E-state index contributed by atoms with van der Waals surface area (Å²) in [6.07, 6.45) is 1.13. The van der Waals surface area contributed by atoms with Gasteiger partial charge < -0.3 is 10.4 Å². The van der Waals surface area contributed by atoms with E-state index in [1.807, 2.05) is 0 Å². The zero-order valence-corrected chi connectivity index (χ0v) is 11.2. The molecule has 1 aliphatic heterocycles. The van der Waals surface area contributed by atoms with Crippen molar-refractivity contribution in [2.75, 3.05) is 18.1 Å². The normalized spacial score (nSPS) is 23.5. The molecule has 1 heterocycles. The lowest BCUT2D eigenvalue weighted by Crippen LogP contribution is -2.33. The zero-order valence-electron chi connectivity index (χ0n) is 10.4. The molecule has 0 bridgehead atoms. The summed E-state index contributed by atoms with van der Waals surface area (Å²) in [6.45, 7) is 1.85. The third-order valence-electron chi connectivity index (χ3n) is 3.19. The largest absolute Gasteiger partial charge is 0.481 e. The lowest BCUT2D eigenvalue weighted by molar-refractivity contribution is -0.141. The van der Waals surface area contributed by atoms with Crippen molar-refractivity contribution in [3.8, 4) is 0 Å². The molecule has 2 unspecified atom stereocenters. The fourth-order valence-electron chi connectivity index (χ4n) is 2.01. The van der Waals surface area contributed by atoms with Crippen LogP contribution in [0.25, 0.3) is 0 Å². The molecule has 0 aromatic carbocycles. The Labute approximate surface area is 107 Å². The summed E-state index contributed by atoms with van der Waals surface area (Å²) < 4.78 is 22.4. The Morgan fingerprint density at radius 3 is 2.56 bits per heavy atom. The first-order chi connectivity index (χ1) is 8.34. The van der Waals surface area contributed by atoms with Crippen LogP contribution < -0.4 is 5.32 Å². The highest BCUT2D eigenvalue weighted by Gasteiger charge is 2.29. The number of hydrogen-bond donors (Lipinski definition) is 2. The van der Waals surface area contributed by atoms with E-state index in [9.17, 15) is 18.0 Å². The van der Waals surface area contributed by atoms with Crippen LogP contribution in [0.5, 0.6) is 0 Å². The molecule has 6 nitrogen and oxygen atoms in total. The van der Waals surface area contributed by atoms with Crippen molar-refractivity contribution in [3.05, 3.63) is 0 Å². The van der Waals surface area contributed by atoms with E-state index in [-0.39, 0.29) is 36.3 Å². The van der Waals surface area contributed by atoms with Gasteiger partial charge in [0.1, 0.15) is 0 Å². The Morgan fingerprint density at radius 1 is 1.44 bits per heavy atom. The molecular weight excluding hydrogens is 258 g/mol. The van der Waals surface area contributed by atoms with Gasteiger partial charge in [-0.05, 0) is 18.8 Å². The van der Waals surface area contributed by atoms with Crippen LogP contribution in [0.15, 0.2) is 0 Å². The van der Waals surface area contributed by atoms with Crippen LogP contribution in [0.2, 0.25) is 0 Å². The summed E-state index contributed by atoms with van der Waals surface area (Å²) in [5, 5.41) is 11.4. The molecule has 1 rings (SSSR count). The van der Waals surface area contributed by atoms with E-state index in [0.29, 0.717) is 12.8 Å². The summed E-state index contributed by atoms with van der Waals surface area (Å²) in [7, 11) is -2.96. The van der Waals surface area contributed by atoms with Crippen LogP contribution >= 0.6 is 0 Å². The molecule has 0 aromatic heterocycles. The Bertz CT molecular complexity index is 417. The first-order valence-corrected chi connectivity index (χ1v) is 7.86. The first kappa shape index (κ1) is 14.9. The van der Waals surface area contributed by atoms with E-state index < -0.39 is 21.7 Å². The monoisotopic (exact) mass is 277 g/mol. The van der Waals surface area contributed by atoms with Gasteiger partial charge in [0.2, 0.25) is 5.91 Å². The van der Waals surface area contributed by atoms with Crippen molar-refractivity contribution < 1.29 is 23.1 Å². The second kappa shape index (κ2) is 6.17. The number of rotatable bonds is 6. The fraction of sp³-hybridized carbons (Fsp3) is 0.818. The van der Waals surface area contributed by atoms with Gasteiger partial charge in [0, 0.05) is 13.0 Å². The van der Waals surface area contributed by atoms with Crippen molar-refractivity contribution in [2.45, 2.75) is 26.2 Å². The van der Waals surface area contributed by atoms with Crippen molar-refractivity contribution in [3.63, 3.8) is 0 Å². The summed E-state index contributed by atoms with van der Waals surface area (Å²) in [6, 6.07) is 0. The molecule has 0 aromatic rings. The molecule has 2 N–H and O–H groups in total. The number of carbonyl (C=O) groups excluding carboxylic acids is 1. The van der Waals surface area contributed by atoms with E-state index in [1.165, 1.54) is 0 Å². The minimum atomic E-state index is -2.96. The molecule has 0 aliphatic carbocycles. The standard InChI is InChI=1S/C11H19NO5S/c1-2-9(11(14)15)6-12-10(13)5-8-3-4-18(16,17)7-8/h8-9H,2-7H2,1H3,(H,12,13)(H,14,15). The number of sulfone groups is 1. The highest BCUT2D eigenvalue weighted by atomic mass is 32.2. The van der Waals surface area contributed by atoms with Gasteiger partial charge in [-0.15, -0.1) is 0 Å². The van der Waals surface area contributed by atoms with E-state index >= 15 is 0 Å². The summed E-state index contributed by atoms with van der Waals surface area (Å²) in [5.41, 5.74) is 0. The number of carboxylic acid groups (broad SMARTS) is 1. The van der Waals surface area contributed by atoms with Crippen LogP contribution in [0.3, 0.4) is 0 Å². The van der Waals surface area contributed by atoms with Crippen LogP contribution in [-0.2, 0) is 19.4 Å². The average Bonchev–Trinajstić information content (AvgIpc) is 2.58. The van der Waals surface area contributed by atoms with E-state index in [4.69, 9.17) is 5.11 Å². The molecule has 2 atom stereocenters. The second-order valence-electron chi connectivity index (χ2n) is 4.72. The number of hydrogen-bond acceptors (Lipinski definition) is 4. The van der Waals surface area contributed by atoms with Crippen molar-refractivity contribution in [1.29, 1.82) is 0 Å². The van der Waals surface area contributed by atoms with E-state index in [1.54, 1.807) is 6.92 Å². The van der Waals surface area contributed by atoms with Gasteiger partial charge in [-0.3, -0.25) is 9.59 Å². The van der Waals surface area contributed by atoms with Gasteiger partial charge in [-0.1, -0.05) is 6.92 Å². The van der Waals surface area contributed by atoms with Crippen LogP contribution in [-0.4, -0.2) is 43.5 Å². The Kier molecular flexibility index (Phi) is 5.13. The quantitative estimate of drug-likeness (QED) is 0.714. The maximum atomic E-state index is 11.6. The summed E-state index contributed by atoms with van der Waals surface area (Å²) in [4.78, 5) is 22.3. The third-order valence-corrected chi connectivity index (χ3v) is 5.03. The smallest absolute Gasteiger partial charge is 0.308 e. The molecule has 0 radical (unpaired) electrons. The van der Waals surface area contributed by atoms with Gasteiger partial charge in [-0.2, -0.15) is 0 Å². The summed E-state index contributed by atoms with van der Waals surface area (Å²) >= 11 is 0. The Morgan fingerprint density at radius 2 is 2.11 bits per heavy atom. The van der Waals surface area contributed by atoms with E-state index in [2.05, 4.69) is 5.32 Å². The molecule has 104 valence electrons. The molecule has 18 heavy (non-hydrogen) atoms. The zero-order chi connectivity index (χ0) is 13.8. The van der Waals surface area contributed by atoms with Crippen LogP contribution in [0.4, 0.5) is 0 Å². The Balaban J connectivity index is 2.32. The third kappa shape index (κ3) is 4.64. The van der Waals surface area contributed by atoms with Gasteiger partial charge in [0.25, 0.3) is 0 Å². The molecule has 1 amide bonds. The number of nitrogens with one attached hydrogen (secondary N) is 1. The minimum Gasteiger partial charge on any atom is -0.481 e. The second-order valence-corrected chi connectivity index (χ2v) is 6.95. The molecule has 1 saturated heterocycles. The first-order valence-electron chi connectivity index (χ1n) is 6.04. The topological polar surface area (TPSA) is 101 Å². The van der Waals surface area contributed by atoms with Crippen molar-refractivity contribution >= 4 is 21.7 Å². The highest BCUT2D eigenvalue weighted by Crippen LogP contribution is 2.21. The van der Waals surface area contributed by atoms with Crippen LogP contribution in [0, 0.1) is 11.8 Å². The lowest BCUT2D eigenvalue weighted by Gasteiger charge is -2.12. The highest BCUT2D eigenvalue weighted by molar-refractivity contribution is 7.91. The summed E-state index contributed by atoms with van der Waals surface area (Å²) in [5.74, 6) is -1.69. The molecule has 7 heteroatoms. The van der Waals surface area contributed by atoms with Gasteiger partial charge in [-0.25, -0.2) is 8.42 Å². The van der Waals surface area contributed by atoms with Crippen molar-refractivity contribution in [1.82, 2.24) is 5.32 Å². The maximum Gasteiger partial charge on any atom is 0.308 e. The predicted molar refractivity (Wildman–Crippen MR) is 65.8 cm³/mol. The number of carboxylic acids is 1. The lowest BCUT2D eigenvalue weighted by atomic mass is 10.0. The average molecular weight is 277 g/mol. The van der Waals surface area contributed by atoms with Crippen molar-refractivity contribution in [2.24, 2.45) is 11.8 Å². The van der Waals surface area contributed by atoms with Crippen LogP contribution in [0.1, 0.15) is 26.2 Å². The molecule has 0 saturated carbocycles. The van der Waals surface area contributed by atoms with Gasteiger partial charge in [0.05, 0.1) is 17.4 Å². The van der Waals surface area contributed by atoms with Gasteiger partial charge in [0.15, 0.2) is 9.84 Å². The van der Waals surface area contributed by atoms with E-state index in [0.717, 1.165) is 0 Å². The molecular formula is C11H19NO5S. The fourth-order valence-corrected chi connectivity index (χ4v) is 3.87.